The van der Waals surface area contributed by atoms with E-state index in [0.29, 0.717) is 5.56 Å². The van der Waals surface area contributed by atoms with Crippen LogP contribution >= 0.6 is 0 Å². The Kier molecular flexibility index (Phi) is 4.42. The van der Waals surface area contributed by atoms with E-state index in [1.54, 1.807) is 18.2 Å². The van der Waals surface area contributed by atoms with E-state index in [2.05, 4.69) is 10.3 Å². The van der Waals surface area contributed by atoms with E-state index >= 15 is 0 Å². The van der Waals surface area contributed by atoms with Crippen molar-refractivity contribution < 1.29 is 22.8 Å². The molecule has 0 aliphatic heterocycles. The van der Waals surface area contributed by atoms with Crippen LogP contribution in [0.2, 0.25) is 0 Å². The van der Waals surface area contributed by atoms with E-state index in [1.807, 2.05) is 24.3 Å². The Balaban J connectivity index is 1.91. The quantitative estimate of drug-likeness (QED) is 0.743. The molecule has 3 aromatic rings. The van der Waals surface area contributed by atoms with Gasteiger partial charge < -0.3 is 15.5 Å². The molecule has 0 saturated carbocycles. The molecule has 3 N–H and O–H groups in total. The Hall–Kier alpha value is -3.29. The van der Waals surface area contributed by atoms with Crippen molar-refractivity contribution >= 4 is 22.6 Å². The largest absolute Gasteiger partial charge is 0.438 e. The molecule has 128 valence electrons. The van der Waals surface area contributed by atoms with Gasteiger partial charge in [-0.2, -0.15) is 0 Å². The number of fused-ring (bicyclic) bond motifs is 1. The zero-order valence-corrected chi connectivity index (χ0v) is 12.8. The van der Waals surface area contributed by atoms with Crippen LogP contribution in [0.3, 0.4) is 0 Å². The molecule has 2 aromatic carbocycles. The fourth-order valence-electron chi connectivity index (χ4n) is 2.48. The lowest BCUT2D eigenvalue weighted by molar-refractivity contribution is -0.120. The highest BCUT2D eigenvalue weighted by Crippen LogP contribution is 2.23. The molecule has 25 heavy (non-hydrogen) atoms. The summed E-state index contributed by atoms with van der Waals surface area (Å²) in [6, 6.07) is 11.3. The monoisotopic (exact) mass is 345 g/mol. The predicted molar refractivity (Wildman–Crippen MR) is 84.8 cm³/mol. The van der Waals surface area contributed by atoms with Crippen molar-refractivity contribution in [2.75, 3.05) is 0 Å². The molecule has 8 heteroatoms. The summed E-state index contributed by atoms with van der Waals surface area (Å²) in [6.45, 7) is 0. The summed E-state index contributed by atoms with van der Waals surface area (Å²) in [7, 11) is 0. The Bertz CT molecular complexity index is 940. The number of nitrogens with zero attached hydrogens (tertiary/aromatic N) is 1. The molecule has 1 heterocycles. The molecule has 0 fully saturated rings. The number of primary amides is 1. The van der Waals surface area contributed by atoms with Crippen LogP contribution < -0.4 is 11.1 Å². The van der Waals surface area contributed by atoms with Crippen LogP contribution in [0.5, 0.6) is 0 Å². The zero-order chi connectivity index (χ0) is 18.0. The molecular weight excluding hydrogens is 332 g/mol. The van der Waals surface area contributed by atoms with E-state index in [0.717, 1.165) is 17.2 Å². The molecule has 0 aliphatic rings. The lowest BCUT2D eigenvalue weighted by Crippen LogP contribution is -2.37. The number of rotatable bonds is 5. The number of nitrogens with one attached hydrogen (secondary N) is 1. The van der Waals surface area contributed by atoms with Crippen molar-refractivity contribution in [2.24, 2.45) is 5.73 Å². The molecule has 0 radical (unpaired) electrons. The van der Waals surface area contributed by atoms with Gasteiger partial charge in [0.25, 0.3) is 12.3 Å². The number of aromatic nitrogens is 1. The molecule has 0 spiro atoms. The number of amides is 2. The van der Waals surface area contributed by atoms with Gasteiger partial charge >= 0.3 is 0 Å². The lowest BCUT2D eigenvalue weighted by atomic mass is 10.0. The number of hydrogen-bond donors (Lipinski definition) is 2. The normalized spacial score (nSPS) is 12.3. The number of halogens is 2. The number of hydrogen-bond acceptors (Lipinski definition) is 4. The highest BCUT2D eigenvalue weighted by molar-refractivity contribution is 5.96. The van der Waals surface area contributed by atoms with Crippen LogP contribution in [-0.2, 0) is 4.79 Å². The third-order valence-corrected chi connectivity index (χ3v) is 3.67. The molecule has 0 saturated heterocycles. The van der Waals surface area contributed by atoms with E-state index in [9.17, 15) is 18.4 Å². The Morgan fingerprint density at radius 3 is 2.52 bits per heavy atom. The van der Waals surface area contributed by atoms with Crippen LogP contribution in [0.15, 0.2) is 53.3 Å². The molecule has 1 unspecified atom stereocenters. The van der Waals surface area contributed by atoms with Gasteiger partial charge in [0.2, 0.25) is 11.7 Å². The first kappa shape index (κ1) is 16.6. The van der Waals surface area contributed by atoms with Crippen LogP contribution in [-0.4, -0.2) is 16.8 Å². The molecular formula is C17H13F2N3O3. The third-order valence-electron chi connectivity index (χ3n) is 3.67. The maximum absolute atomic E-state index is 12.8. The fourth-order valence-corrected chi connectivity index (χ4v) is 2.48. The van der Waals surface area contributed by atoms with Gasteiger partial charge in [-0.25, -0.2) is 13.8 Å². The first-order chi connectivity index (χ1) is 12.0. The number of nitrogens with two attached hydrogens (primary N) is 1. The molecule has 2 amide bonds. The SMILES string of the molecule is NC(=O)C(NC(=O)c1ocnc1C(F)F)c1ccc2ccccc2c1. The predicted octanol–water partition coefficient (Wildman–Crippen LogP) is 2.72. The first-order valence-corrected chi connectivity index (χ1v) is 7.28. The van der Waals surface area contributed by atoms with Gasteiger partial charge in [-0.05, 0) is 22.4 Å². The summed E-state index contributed by atoms with van der Waals surface area (Å²) in [5, 5.41) is 4.10. The highest BCUT2D eigenvalue weighted by Gasteiger charge is 2.28. The molecule has 0 bridgehead atoms. The molecule has 1 aromatic heterocycles. The van der Waals surface area contributed by atoms with Gasteiger partial charge in [-0.15, -0.1) is 0 Å². The van der Waals surface area contributed by atoms with Crippen LogP contribution in [0.25, 0.3) is 10.8 Å². The summed E-state index contributed by atoms with van der Waals surface area (Å²) in [6.07, 6.45) is -2.24. The van der Waals surface area contributed by atoms with Gasteiger partial charge in [0.1, 0.15) is 6.04 Å². The zero-order valence-electron chi connectivity index (χ0n) is 12.8. The highest BCUT2D eigenvalue weighted by atomic mass is 19.3. The van der Waals surface area contributed by atoms with E-state index in [-0.39, 0.29) is 0 Å². The second-order valence-electron chi connectivity index (χ2n) is 5.28. The van der Waals surface area contributed by atoms with Crippen molar-refractivity contribution in [1.82, 2.24) is 10.3 Å². The molecule has 3 rings (SSSR count). The van der Waals surface area contributed by atoms with E-state index < -0.39 is 35.7 Å². The Labute approximate surface area is 140 Å². The summed E-state index contributed by atoms with van der Waals surface area (Å²) in [5.41, 5.74) is 5.00. The summed E-state index contributed by atoms with van der Waals surface area (Å²) >= 11 is 0. The Morgan fingerprint density at radius 2 is 1.84 bits per heavy atom. The third kappa shape index (κ3) is 3.32. The van der Waals surface area contributed by atoms with Crippen LogP contribution in [0.1, 0.15) is 34.3 Å². The number of carbonyl (C=O) groups excluding carboxylic acids is 2. The summed E-state index contributed by atoms with van der Waals surface area (Å²) < 4.78 is 30.4. The summed E-state index contributed by atoms with van der Waals surface area (Å²) in [5.74, 6) is -2.48. The molecule has 0 aliphatic carbocycles. The van der Waals surface area contributed by atoms with E-state index in [4.69, 9.17) is 10.2 Å². The van der Waals surface area contributed by atoms with Gasteiger partial charge in [-0.3, -0.25) is 9.59 Å². The average molecular weight is 345 g/mol. The van der Waals surface area contributed by atoms with Gasteiger partial charge in [0.05, 0.1) is 0 Å². The van der Waals surface area contributed by atoms with Crippen LogP contribution in [0.4, 0.5) is 8.78 Å². The minimum atomic E-state index is -2.98. The van der Waals surface area contributed by atoms with Gasteiger partial charge in [-0.1, -0.05) is 36.4 Å². The van der Waals surface area contributed by atoms with Crippen molar-refractivity contribution in [3.63, 3.8) is 0 Å². The lowest BCUT2D eigenvalue weighted by Gasteiger charge is -2.16. The number of alkyl halides is 2. The van der Waals surface area contributed by atoms with Crippen LogP contribution in [0, 0.1) is 0 Å². The minimum absolute atomic E-state index is 0.428. The number of benzene rings is 2. The molecule has 1 atom stereocenters. The first-order valence-electron chi connectivity index (χ1n) is 7.28. The minimum Gasteiger partial charge on any atom is -0.438 e. The van der Waals surface area contributed by atoms with E-state index in [1.165, 1.54) is 0 Å². The van der Waals surface area contributed by atoms with Crippen molar-refractivity contribution in [1.29, 1.82) is 0 Å². The fraction of sp³-hybridized carbons (Fsp3) is 0.118. The average Bonchev–Trinajstić information content (AvgIpc) is 3.09. The number of carbonyl (C=O) groups is 2. The van der Waals surface area contributed by atoms with Gasteiger partial charge in [0, 0.05) is 0 Å². The van der Waals surface area contributed by atoms with Crippen molar-refractivity contribution in [3.8, 4) is 0 Å². The topological polar surface area (TPSA) is 98.2 Å². The standard InChI is InChI=1S/C17H13F2N3O3/c18-15(19)13-14(25-8-21-13)17(24)22-12(16(20)23)11-6-5-9-3-1-2-4-10(9)7-11/h1-8,12,15H,(H2,20,23)(H,22,24). The summed E-state index contributed by atoms with van der Waals surface area (Å²) in [4.78, 5) is 27.3. The smallest absolute Gasteiger partial charge is 0.290 e. The Morgan fingerprint density at radius 1 is 1.12 bits per heavy atom. The van der Waals surface area contributed by atoms with Gasteiger partial charge in [0.15, 0.2) is 12.1 Å². The second-order valence-corrected chi connectivity index (χ2v) is 5.28. The molecule has 6 nitrogen and oxygen atoms in total. The number of oxazole rings is 1. The second kappa shape index (κ2) is 6.68. The van der Waals surface area contributed by atoms with Crippen molar-refractivity contribution in [3.05, 3.63) is 65.9 Å². The maximum atomic E-state index is 12.8. The maximum Gasteiger partial charge on any atom is 0.290 e. The van der Waals surface area contributed by atoms with Crippen molar-refractivity contribution in [2.45, 2.75) is 12.5 Å².